The van der Waals surface area contributed by atoms with Gasteiger partial charge in [-0.1, -0.05) is 158 Å². The smallest absolute Gasteiger partial charge is 0.108 e. The maximum atomic E-state index is 9.07. The van der Waals surface area contributed by atoms with E-state index >= 15 is 0 Å². The maximum Gasteiger partial charge on any atom is 0.108 e. The van der Waals surface area contributed by atoms with Crippen molar-refractivity contribution in [3.63, 3.8) is 0 Å². The van der Waals surface area contributed by atoms with Crippen LogP contribution in [0.1, 0.15) is 5.56 Å². The highest BCUT2D eigenvalue weighted by Gasteiger charge is 2.19. The molecule has 1 aliphatic rings. The SMILES string of the molecule is N=C1C=C(c2ccc3c(-c4ccccc4)c4ccccc4c(-c4ccccc4)c3c2)C=C/C1=N/Nc1ccc(-c2cncc3ccccc23)c2ccccc12. The van der Waals surface area contributed by atoms with E-state index < -0.39 is 0 Å². The summed E-state index contributed by atoms with van der Waals surface area (Å²) in [5.41, 5.74) is 14.1. The highest BCUT2D eigenvalue weighted by Crippen LogP contribution is 2.44. The second kappa shape index (κ2) is 13.5. The number of allylic oxidation sites excluding steroid dienone is 4. The van der Waals surface area contributed by atoms with Gasteiger partial charge in [0.15, 0.2) is 0 Å². The lowest BCUT2D eigenvalue weighted by Gasteiger charge is -2.19. The summed E-state index contributed by atoms with van der Waals surface area (Å²) in [6.07, 6.45) is 9.76. The van der Waals surface area contributed by atoms with Crippen molar-refractivity contribution in [3.8, 4) is 33.4 Å². The fraction of sp³-hybridized carbons (Fsp3) is 0. The lowest BCUT2D eigenvalue weighted by atomic mass is 9.84. The molecule has 0 atom stereocenters. The molecule has 1 aliphatic carbocycles. The average Bonchev–Trinajstić information content (AvgIpc) is 3.25. The lowest BCUT2D eigenvalue weighted by Crippen LogP contribution is -2.13. The van der Waals surface area contributed by atoms with Crippen LogP contribution in [0.15, 0.2) is 200 Å². The van der Waals surface area contributed by atoms with Crippen molar-refractivity contribution >= 4 is 65.8 Å². The first kappa shape index (κ1) is 32.2. The summed E-state index contributed by atoms with van der Waals surface area (Å²) < 4.78 is 0. The number of hydrazone groups is 1. The van der Waals surface area contributed by atoms with Crippen molar-refractivity contribution < 1.29 is 0 Å². The minimum Gasteiger partial charge on any atom is -0.299 e. The van der Waals surface area contributed by atoms with Crippen LogP contribution in [-0.2, 0) is 0 Å². The molecule has 258 valence electrons. The molecule has 9 aromatic rings. The third-order valence-electron chi connectivity index (χ3n) is 10.7. The summed E-state index contributed by atoms with van der Waals surface area (Å²) in [6, 6.07) is 57.7. The minimum atomic E-state index is 0.347. The number of nitrogens with one attached hydrogen (secondary N) is 2. The summed E-state index contributed by atoms with van der Waals surface area (Å²) in [6.45, 7) is 0. The van der Waals surface area contributed by atoms with Crippen molar-refractivity contribution in [2.45, 2.75) is 0 Å². The summed E-state index contributed by atoms with van der Waals surface area (Å²) in [5, 5.41) is 23.1. The monoisotopic (exact) mass is 702 g/mol. The van der Waals surface area contributed by atoms with Gasteiger partial charge in [-0.3, -0.25) is 15.8 Å². The van der Waals surface area contributed by atoms with Crippen molar-refractivity contribution in [1.29, 1.82) is 5.41 Å². The first-order chi connectivity index (χ1) is 27.2. The fourth-order valence-corrected chi connectivity index (χ4v) is 8.09. The number of pyridine rings is 1. The standard InChI is InChI=1S/C51H34N4/c52-47-30-36(24-27-49(47)55-54-48-28-26-40(39-19-9-10-20-41(39)48)46-32-53-31-37-17-7-8-18-38(37)46)35-23-25-44-45(29-35)51(34-15-5-2-6-16-34)43-22-12-11-21-42(43)50(44)33-13-3-1-4-14-33/h1-32,52,54H/b52-47?,55-49-. The molecule has 0 spiro atoms. The van der Waals surface area contributed by atoms with E-state index in [1.54, 1.807) is 0 Å². The number of nitrogens with zero attached hydrogens (tertiary/aromatic N) is 2. The van der Waals surface area contributed by atoms with Crippen LogP contribution in [0.4, 0.5) is 5.69 Å². The van der Waals surface area contributed by atoms with Crippen LogP contribution in [0.2, 0.25) is 0 Å². The molecule has 0 saturated carbocycles. The summed E-state index contributed by atoms with van der Waals surface area (Å²) in [4.78, 5) is 4.54. The molecule has 0 radical (unpaired) electrons. The Labute approximate surface area is 319 Å². The first-order valence-electron chi connectivity index (χ1n) is 18.5. The van der Waals surface area contributed by atoms with Crippen molar-refractivity contribution in [1.82, 2.24) is 4.98 Å². The fourth-order valence-electron chi connectivity index (χ4n) is 8.09. The molecule has 8 aromatic carbocycles. The molecule has 0 unspecified atom stereocenters. The molecule has 0 fully saturated rings. The van der Waals surface area contributed by atoms with Crippen LogP contribution in [-0.4, -0.2) is 16.4 Å². The number of anilines is 1. The Hall–Kier alpha value is -7.43. The largest absolute Gasteiger partial charge is 0.299 e. The lowest BCUT2D eigenvalue weighted by molar-refractivity contribution is 1.35. The summed E-state index contributed by atoms with van der Waals surface area (Å²) in [5.74, 6) is 0. The van der Waals surface area contributed by atoms with E-state index in [0.717, 1.165) is 44.1 Å². The molecule has 1 aromatic heterocycles. The summed E-state index contributed by atoms with van der Waals surface area (Å²) >= 11 is 0. The summed E-state index contributed by atoms with van der Waals surface area (Å²) in [7, 11) is 0. The van der Waals surface area contributed by atoms with Gasteiger partial charge in [-0.25, -0.2) is 0 Å². The van der Waals surface area contributed by atoms with E-state index in [0.29, 0.717) is 11.4 Å². The third-order valence-corrected chi connectivity index (χ3v) is 10.7. The van der Waals surface area contributed by atoms with Gasteiger partial charge in [0.25, 0.3) is 0 Å². The molecule has 4 nitrogen and oxygen atoms in total. The van der Waals surface area contributed by atoms with Gasteiger partial charge >= 0.3 is 0 Å². The number of aromatic nitrogens is 1. The number of hydrogen-bond acceptors (Lipinski definition) is 4. The molecule has 55 heavy (non-hydrogen) atoms. The Morgan fingerprint density at radius 1 is 0.455 bits per heavy atom. The number of benzene rings is 8. The zero-order valence-corrected chi connectivity index (χ0v) is 29.9. The van der Waals surface area contributed by atoms with Crippen molar-refractivity contribution in [2.24, 2.45) is 5.10 Å². The number of hydrogen-bond donors (Lipinski definition) is 2. The molecule has 0 saturated heterocycles. The molecule has 0 aliphatic heterocycles. The molecule has 1 heterocycles. The van der Waals surface area contributed by atoms with Gasteiger partial charge in [-0.15, -0.1) is 0 Å². The zero-order chi connectivity index (χ0) is 36.7. The van der Waals surface area contributed by atoms with Crippen LogP contribution >= 0.6 is 0 Å². The molecule has 10 rings (SSSR count). The van der Waals surface area contributed by atoms with Gasteiger partial charge in [0.2, 0.25) is 0 Å². The van der Waals surface area contributed by atoms with Crippen LogP contribution in [0, 0.1) is 5.41 Å². The van der Waals surface area contributed by atoms with Crippen LogP contribution < -0.4 is 5.43 Å². The van der Waals surface area contributed by atoms with Crippen LogP contribution in [0.3, 0.4) is 0 Å². The maximum absolute atomic E-state index is 9.07. The second-order valence-corrected chi connectivity index (χ2v) is 13.9. The van der Waals surface area contributed by atoms with E-state index in [9.17, 15) is 0 Å². The topological polar surface area (TPSA) is 61.1 Å². The number of fused-ring (bicyclic) bond motifs is 4. The third kappa shape index (κ3) is 5.68. The van der Waals surface area contributed by atoms with Crippen LogP contribution in [0.25, 0.3) is 82.0 Å². The van der Waals surface area contributed by atoms with E-state index in [2.05, 4.69) is 168 Å². The normalized spacial score (nSPS) is 13.6. The van der Waals surface area contributed by atoms with Gasteiger partial charge in [0.1, 0.15) is 5.71 Å². The van der Waals surface area contributed by atoms with Gasteiger partial charge < -0.3 is 0 Å². The highest BCUT2D eigenvalue weighted by molar-refractivity contribution is 6.51. The van der Waals surface area contributed by atoms with Crippen molar-refractivity contribution in [2.75, 3.05) is 5.43 Å². The van der Waals surface area contributed by atoms with E-state index in [-0.39, 0.29) is 0 Å². The van der Waals surface area contributed by atoms with Gasteiger partial charge in [0, 0.05) is 28.7 Å². The van der Waals surface area contributed by atoms with Gasteiger partial charge in [0.05, 0.1) is 11.4 Å². The zero-order valence-electron chi connectivity index (χ0n) is 29.9. The van der Waals surface area contributed by atoms with Crippen molar-refractivity contribution in [3.05, 3.63) is 200 Å². The van der Waals surface area contributed by atoms with Crippen LogP contribution in [0.5, 0.6) is 0 Å². The van der Waals surface area contributed by atoms with Gasteiger partial charge in [-0.2, -0.15) is 5.10 Å². The Kier molecular flexibility index (Phi) is 7.93. The van der Waals surface area contributed by atoms with E-state index in [1.807, 2.05) is 36.7 Å². The minimum absolute atomic E-state index is 0.347. The Bertz CT molecular complexity index is 3060. The highest BCUT2D eigenvalue weighted by atomic mass is 15.3. The predicted octanol–water partition coefficient (Wildman–Crippen LogP) is 13.1. The quantitative estimate of drug-likeness (QED) is 0.103. The predicted molar refractivity (Wildman–Crippen MR) is 233 cm³/mol. The molecule has 0 bridgehead atoms. The Morgan fingerprint density at radius 3 is 1.76 bits per heavy atom. The molecular weight excluding hydrogens is 669 g/mol. The van der Waals surface area contributed by atoms with Gasteiger partial charge in [-0.05, 0) is 95.6 Å². The second-order valence-electron chi connectivity index (χ2n) is 13.9. The number of rotatable bonds is 6. The Morgan fingerprint density at radius 2 is 1.05 bits per heavy atom. The van der Waals surface area contributed by atoms with E-state index in [4.69, 9.17) is 10.5 Å². The Balaban J connectivity index is 1.02. The molecule has 0 amide bonds. The first-order valence-corrected chi connectivity index (χ1v) is 18.5. The van der Waals surface area contributed by atoms with E-state index in [1.165, 1.54) is 49.2 Å². The average molecular weight is 703 g/mol. The molecular formula is C51H34N4. The molecule has 2 N–H and O–H groups in total. The molecule has 4 heteroatoms.